The van der Waals surface area contributed by atoms with Gasteiger partial charge in [0.1, 0.15) is 0 Å². The molecule has 0 saturated carbocycles. The predicted octanol–water partition coefficient (Wildman–Crippen LogP) is 2.53. The molecule has 0 aliphatic carbocycles. The van der Waals surface area contributed by atoms with Crippen LogP contribution in [0.25, 0.3) is 0 Å². The van der Waals surface area contributed by atoms with Crippen LogP contribution in [0.3, 0.4) is 0 Å². The Kier molecular flexibility index (Phi) is 4.33. The Morgan fingerprint density at radius 3 is 2.72 bits per heavy atom. The third-order valence-electron chi connectivity index (χ3n) is 4.79. The molecule has 0 spiro atoms. The standard InChI is InChI=1S/C19H21N5O/c25-19(22-11-4-8-17(14-22)23-13-10-20-15-23)18(24-12-5-9-21-24)16-6-2-1-3-7-16/h1-3,5-7,9-10,12-13,15,17-18H,4,8,11,14H2/t17-,18-/m0/s1. The SMILES string of the molecule is O=C([C@H](c1ccccc1)n1cccn1)N1CCC[C@H](n2ccnc2)C1. The van der Waals surface area contributed by atoms with Crippen molar-refractivity contribution < 1.29 is 4.79 Å². The lowest BCUT2D eigenvalue weighted by Crippen LogP contribution is -2.44. The predicted molar refractivity (Wildman–Crippen MR) is 93.9 cm³/mol. The molecule has 128 valence electrons. The lowest BCUT2D eigenvalue weighted by Gasteiger charge is -2.35. The first kappa shape index (κ1) is 15.6. The summed E-state index contributed by atoms with van der Waals surface area (Å²) in [7, 11) is 0. The van der Waals surface area contributed by atoms with Gasteiger partial charge in [0.15, 0.2) is 6.04 Å². The van der Waals surface area contributed by atoms with Gasteiger partial charge in [-0.15, -0.1) is 0 Å². The van der Waals surface area contributed by atoms with Crippen molar-refractivity contribution in [3.8, 4) is 0 Å². The Hall–Kier alpha value is -2.89. The van der Waals surface area contributed by atoms with Crippen LogP contribution in [0.4, 0.5) is 0 Å². The molecule has 2 atom stereocenters. The molecule has 3 aromatic rings. The van der Waals surface area contributed by atoms with Gasteiger partial charge in [0.25, 0.3) is 5.91 Å². The van der Waals surface area contributed by atoms with E-state index in [1.165, 1.54) is 0 Å². The fourth-order valence-corrected chi connectivity index (χ4v) is 3.53. The molecular formula is C19H21N5O. The van der Waals surface area contributed by atoms with Gasteiger partial charge >= 0.3 is 0 Å². The van der Waals surface area contributed by atoms with Gasteiger partial charge in [-0.25, -0.2) is 4.98 Å². The summed E-state index contributed by atoms with van der Waals surface area (Å²) in [6.45, 7) is 1.49. The molecule has 3 heterocycles. The van der Waals surface area contributed by atoms with Crippen molar-refractivity contribution in [3.05, 3.63) is 73.1 Å². The van der Waals surface area contributed by atoms with Crippen molar-refractivity contribution in [1.29, 1.82) is 0 Å². The second-order valence-corrected chi connectivity index (χ2v) is 6.39. The van der Waals surface area contributed by atoms with Gasteiger partial charge in [0, 0.05) is 37.9 Å². The van der Waals surface area contributed by atoms with Crippen LogP contribution in [0.2, 0.25) is 0 Å². The van der Waals surface area contributed by atoms with Crippen molar-refractivity contribution >= 4 is 5.91 Å². The maximum Gasteiger partial charge on any atom is 0.252 e. The van der Waals surface area contributed by atoms with Gasteiger partial charge in [-0.05, 0) is 24.5 Å². The largest absolute Gasteiger partial charge is 0.338 e. The second kappa shape index (κ2) is 6.93. The minimum atomic E-state index is -0.419. The average Bonchev–Trinajstić information content (AvgIpc) is 3.37. The number of rotatable bonds is 4. The first-order valence-corrected chi connectivity index (χ1v) is 8.63. The lowest BCUT2D eigenvalue weighted by atomic mass is 10.0. The molecule has 2 aromatic heterocycles. The molecule has 0 bridgehead atoms. The number of imidazole rings is 1. The van der Waals surface area contributed by atoms with Gasteiger partial charge in [0.2, 0.25) is 0 Å². The van der Waals surface area contributed by atoms with E-state index in [1.807, 2.05) is 60.0 Å². The third kappa shape index (κ3) is 3.20. The summed E-state index contributed by atoms with van der Waals surface area (Å²) in [5.41, 5.74) is 0.959. The van der Waals surface area contributed by atoms with E-state index in [1.54, 1.807) is 17.1 Å². The summed E-state index contributed by atoms with van der Waals surface area (Å²) in [6, 6.07) is 11.6. The summed E-state index contributed by atoms with van der Waals surface area (Å²) in [5, 5.41) is 4.33. The Morgan fingerprint density at radius 1 is 1.12 bits per heavy atom. The van der Waals surface area contributed by atoms with Crippen LogP contribution in [-0.2, 0) is 4.79 Å². The number of likely N-dealkylation sites (tertiary alicyclic amines) is 1. The molecule has 6 nitrogen and oxygen atoms in total. The van der Waals surface area contributed by atoms with E-state index in [2.05, 4.69) is 14.6 Å². The van der Waals surface area contributed by atoms with Gasteiger partial charge in [-0.2, -0.15) is 5.10 Å². The fourth-order valence-electron chi connectivity index (χ4n) is 3.53. The van der Waals surface area contributed by atoms with Crippen LogP contribution >= 0.6 is 0 Å². The fraction of sp³-hybridized carbons (Fsp3) is 0.316. The topological polar surface area (TPSA) is 56.0 Å². The number of aromatic nitrogens is 4. The van der Waals surface area contributed by atoms with E-state index in [0.29, 0.717) is 6.54 Å². The van der Waals surface area contributed by atoms with Gasteiger partial charge in [-0.1, -0.05) is 30.3 Å². The highest BCUT2D eigenvalue weighted by Gasteiger charge is 2.31. The van der Waals surface area contributed by atoms with Crippen molar-refractivity contribution in [2.45, 2.75) is 24.9 Å². The Bertz CT molecular complexity index is 798. The summed E-state index contributed by atoms with van der Waals surface area (Å²) >= 11 is 0. The molecule has 4 rings (SSSR count). The Morgan fingerprint density at radius 2 is 2.00 bits per heavy atom. The molecule has 1 aliphatic rings. The van der Waals surface area contributed by atoms with Crippen LogP contribution in [0.1, 0.15) is 30.5 Å². The zero-order valence-electron chi connectivity index (χ0n) is 14.0. The highest BCUT2D eigenvalue weighted by atomic mass is 16.2. The number of carbonyl (C=O) groups is 1. The minimum Gasteiger partial charge on any atom is -0.338 e. The highest BCUT2D eigenvalue weighted by Crippen LogP contribution is 2.26. The van der Waals surface area contributed by atoms with Crippen LogP contribution in [0.15, 0.2) is 67.5 Å². The molecule has 0 unspecified atom stereocenters. The second-order valence-electron chi connectivity index (χ2n) is 6.39. The summed E-state index contributed by atoms with van der Waals surface area (Å²) in [6.07, 6.45) is 11.2. The average molecular weight is 335 g/mol. The molecule has 0 radical (unpaired) electrons. The molecule has 1 aromatic carbocycles. The monoisotopic (exact) mass is 335 g/mol. The molecule has 1 amide bonds. The maximum absolute atomic E-state index is 13.4. The van der Waals surface area contributed by atoms with Crippen molar-refractivity contribution in [3.63, 3.8) is 0 Å². The maximum atomic E-state index is 13.4. The van der Waals surface area contributed by atoms with E-state index in [-0.39, 0.29) is 11.9 Å². The van der Waals surface area contributed by atoms with E-state index in [4.69, 9.17) is 0 Å². The summed E-state index contributed by atoms with van der Waals surface area (Å²) in [5.74, 6) is 0.0970. The van der Waals surface area contributed by atoms with Crippen LogP contribution in [-0.4, -0.2) is 43.2 Å². The molecule has 1 saturated heterocycles. The quantitative estimate of drug-likeness (QED) is 0.736. The number of piperidine rings is 1. The van der Waals surface area contributed by atoms with Crippen LogP contribution < -0.4 is 0 Å². The number of nitrogens with zero attached hydrogens (tertiary/aromatic N) is 5. The lowest BCUT2D eigenvalue weighted by molar-refractivity contribution is -0.135. The smallest absolute Gasteiger partial charge is 0.252 e. The van der Waals surface area contributed by atoms with E-state index in [0.717, 1.165) is 24.9 Å². The Balaban J connectivity index is 1.60. The molecule has 25 heavy (non-hydrogen) atoms. The van der Waals surface area contributed by atoms with E-state index in [9.17, 15) is 4.79 Å². The molecule has 6 heteroatoms. The number of hydrogen-bond donors (Lipinski definition) is 0. The van der Waals surface area contributed by atoms with Gasteiger partial charge in [0.05, 0.1) is 12.4 Å². The molecule has 1 aliphatic heterocycles. The van der Waals surface area contributed by atoms with Crippen molar-refractivity contribution in [2.75, 3.05) is 13.1 Å². The van der Waals surface area contributed by atoms with Crippen molar-refractivity contribution in [1.82, 2.24) is 24.2 Å². The number of benzene rings is 1. The van der Waals surface area contributed by atoms with Gasteiger partial charge in [-0.3, -0.25) is 9.48 Å². The molecular weight excluding hydrogens is 314 g/mol. The first-order valence-electron chi connectivity index (χ1n) is 8.63. The normalized spacial score (nSPS) is 18.9. The third-order valence-corrected chi connectivity index (χ3v) is 4.79. The van der Waals surface area contributed by atoms with Crippen molar-refractivity contribution in [2.24, 2.45) is 0 Å². The van der Waals surface area contributed by atoms with Crippen LogP contribution in [0.5, 0.6) is 0 Å². The number of amides is 1. The summed E-state index contributed by atoms with van der Waals surface area (Å²) in [4.78, 5) is 19.5. The number of carbonyl (C=O) groups excluding carboxylic acids is 1. The first-order chi connectivity index (χ1) is 12.3. The molecule has 1 fully saturated rings. The number of hydrogen-bond acceptors (Lipinski definition) is 3. The Labute approximate surface area is 146 Å². The summed E-state index contributed by atoms with van der Waals surface area (Å²) < 4.78 is 3.85. The van der Waals surface area contributed by atoms with Gasteiger partial charge < -0.3 is 9.47 Å². The van der Waals surface area contributed by atoms with E-state index < -0.39 is 6.04 Å². The van der Waals surface area contributed by atoms with E-state index >= 15 is 0 Å². The molecule has 0 N–H and O–H groups in total. The highest BCUT2D eigenvalue weighted by molar-refractivity contribution is 5.83. The minimum absolute atomic E-state index is 0.0970. The van der Waals surface area contributed by atoms with Crippen LogP contribution in [0, 0.1) is 0 Å². The zero-order valence-corrected chi connectivity index (χ0v) is 14.0. The zero-order chi connectivity index (χ0) is 17.1.